The van der Waals surface area contributed by atoms with Gasteiger partial charge in [-0.25, -0.2) is 4.98 Å². The lowest BCUT2D eigenvalue weighted by Crippen LogP contribution is -2.12. The van der Waals surface area contributed by atoms with E-state index in [1.807, 2.05) is 22.7 Å². The van der Waals surface area contributed by atoms with Gasteiger partial charge in [0.1, 0.15) is 5.65 Å². The molecule has 4 heteroatoms. The van der Waals surface area contributed by atoms with E-state index in [1.54, 1.807) is 0 Å². The molecule has 1 amide bonds. The minimum Gasteiger partial charge on any atom is -0.284 e. The number of rotatable bonds is 2. The number of hydrogen-bond donors (Lipinski definition) is 0. The fourth-order valence-corrected chi connectivity index (χ4v) is 3.06. The third kappa shape index (κ3) is 2.42. The second kappa shape index (κ2) is 5.27. The molecule has 4 nitrogen and oxygen atoms in total. The Bertz CT molecular complexity index is 638. The number of aromatic nitrogens is 2. The van der Waals surface area contributed by atoms with Crippen molar-refractivity contribution in [3.63, 3.8) is 0 Å². The van der Waals surface area contributed by atoms with Gasteiger partial charge in [0.15, 0.2) is 5.82 Å². The molecule has 0 bridgehead atoms. The summed E-state index contributed by atoms with van der Waals surface area (Å²) in [6, 6.07) is 4.07. The van der Waals surface area contributed by atoms with Crippen LogP contribution in [-0.2, 0) is 4.79 Å². The molecule has 0 unspecified atom stereocenters. The Labute approximate surface area is 119 Å². The fourth-order valence-electron chi connectivity index (χ4n) is 3.06. The first kappa shape index (κ1) is 13.2. The van der Waals surface area contributed by atoms with Crippen LogP contribution in [0.25, 0.3) is 5.65 Å². The summed E-state index contributed by atoms with van der Waals surface area (Å²) < 4.78 is 1.94. The maximum atomic E-state index is 11.4. The molecule has 1 aliphatic rings. The van der Waals surface area contributed by atoms with E-state index in [1.165, 1.54) is 31.7 Å². The number of aryl methyl sites for hydroxylation is 1. The van der Waals surface area contributed by atoms with Gasteiger partial charge in [-0.05, 0) is 37.5 Å². The molecular formula is C16H20N3O. The first-order valence-corrected chi connectivity index (χ1v) is 7.36. The molecule has 1 saturated carbocycles. The van der Waals surface area contributed by atoms with Crippen LogP contribution in [0.3, 0.4) is 0 Å². The van der Waals surface area contributed by atoms with Crippen LogP contribution in [0.4, 0.5) is 5.82 Å². The Balaban J connectivity index is 2.10. The van der Waals surface area contributed by atoms with E-state index in [0.717, 1.165) is 30.0 Å². The van der Waals surface area contributed by atoms with Crippen molar-refractivity contribution < 1.29 is 4.79 Å². The van der Waals surface area contributed by atoms with Gasteiger partial charge in [0.2, 0.25) is 5.91 Å². The monoisotopic (exact) mass is 270 g/mol. The number of hydrogen-bond acceptors (Lipinski definition) is 2. The van der Waals surface area contributed by atoms with Crippen LogP contribution in [0, 0.1) is 6.92 Å². The predicted octanol–water partition coefficient (Wildman–Crippen LogP) is 3.47. The molecule has 0 aliphatic heterocycles. The highest BCUT2D eigenvalue weighted by Crippen LogP contribution is 2.36. The minimum absolute atomic E-state index is 0.163. The lowest BCUT2D eigenvalue weighted by atomic mass is 9.87. The van der Waals surface area contributed by atoms with Crippen molar-refractivity contribution in [3.05, 3.63) is 29.6 Å². The van der Waals surface area contributed by atoms with Crippen LogP contribution < -0.4 is 5.32 Å². The van der Waals surface area contributed by atoms with Crippen molar-refractivity contribution in [3.8, 4) is 0 Å². The van der Waals surface area contributed by atoms with Gasteiger partial charge in [0, 0.05) is 19.0 Å². The molecule has 2 aromatic heterocycles. The van der Waals surface area contributed by atoms with E-state index in [9.17, 15) is 4.79 Å². The second-order valence-corrected chi connectivity index (χ2v) is 5.72. The zero-order valence-electron chi connectivity index (χ0n) is 12.1. The van der Waals surface area contributed by atoms with Crippen LogP contribution >= 0.6 is 0 Å². The largest absolute Gasteiger partial charge is 0.284 e. The Morgan fingerprint density at radius 2 is 2.10 bits per heavy atom. The molecule has 0 N–H and O–H groups in total. The number of fused-ring (bicyclic) bond motifs is 1. The van der Waals surface area contributed by atoms with Crippen molar-refractivity contribution in [2.24, 2.45) is 0 Å². The fraction of sp³-hybridized carbons (Fsp3) is 0.500. The maximum absolute atomic E-state index is 11.4. The molecule has 0 saturated heterocycles. The molecule has 2 aromatic rings. The molecule has 2 heterocycles. The molecule has 1 aliphatic carbocycles. The van der Waals surface area contributed by atoms with Gasteiger partial charge >= 0.3 is 0 Å². The van der Waals surface area contributed by atoms with Crippen molar-refractivity contribution in [2.45, 2.75) is 51.9 Å². The Morgan fingerprint density at radius 1 is 1.35 bits per heavy atom. The Hall–Kier alpha value is -1.84. The summed E-state index contributed by atoms with van der Waals surface area (Å²) in [5.74, 6) is 1.02. The number of carbonyl (C=O) groups is 1. The van der Waals surface area contributed by atoms with E-state index in [4.69, 9.17) is 4.98 Å². The lowest BCUT2D eigenvalue weighted by Gasteiger charge is -2.20. The predicted molar refractivity (Wildman–Crippen MR) is 78.2 cm³/mol. The van der Waals surface area contributed by atoms with Gasteiger partial charge in [-0.15, -0.1) is 0 Å². The summed E-state index contributed by atoms with van der Waals surface area (Å²) in [7, 11) is 0. The topological polar surface area (TPSA) is 48.5 Å². The van der Waals surface area contributed by atoms with Gasteiger partial charge in [-0.2, -0.15) is 5.32 Å². The van der Waals surface area contributed by atoms with E-state index in [0.29, 0.717) is 5.92 Å². The van der Waals surface area contributed by atoms with E-state index in [2.05, 4.69) is 12.2 Å². The normalized spacial score (nSPS) is 16.5. The van der Waals surface area contributed by atoms with Crippen LogP contribution in [-0.4, -0.2) is 15.3 Å². The Kier molecular flexibility index (Phi) is 3.47. The van der Waals surface area contributed by atoms with E-state index >= 15 is 0 Å². The molecule has 0 atom stereocenters. The van der Waals surface area contributed by atoms with Crippen LogP contribution in [0.2, 0.25) is 0 Å². The molecule has 1 fully saturated rings. The zero-order valence-corrected chi connectivity index (χ0v) is 12.1. The van der Waals surface area contributed by atoms with Gasteiger partial charge in [-0.3, -0.25) is 9.20 Å². The number of nitrogens with zero attached hydrogens (tertiary/aromatic N) is 3. The quantitative estimate of drug-likeness (QED) is 0.839. The average Bonchev–Trinajstić information content (AvgIpc) is 2.77. The standard InChI is InChI=1S/C16H20N3O/c1-11-8-9-19-14(10-11)18-15(16(19)17-12(2)20)13-6-4-3-5-7-13/h8-10,13H,3-7H2,1-2H3. The number of carbonyl (C=O) groups excluding carboxylic acids is 1. The number of pyridine rings is 1. The van der Waals surface area contributed by atoms with Crippen LogP contribution in [0.1, 0.15) is 56.2 Å². The third-order valence-corrected chi connectivity index (χ3v) is 4.04. The van der Waals surface area contributed by atoms with E-state index in [-0.39, 0.29) is 5.91 Å². The van der Waals surface area contributed by atoms with Crippen molar-refractivity contribution in [1.82, 2.24) is 14.7 Å². The van der Waals surface area contributed by atoms with Gasteiger partial charge in [0.05, 0.1) is 5.69 Å². The van der Waals surface area contributed by atoms with Gasteiger partial charge < -0.3 is 0 Å². The summed E-state index contributed by atoms with van der Waals surface area (Å²) in [5, 5.41) is 4.21. The van der Waals surface area contributed by atoms with Gasteiger partial charge in [0.25, 0.3) is 0 Å². The molecule has 0 aromatic carbocycles. The van der Waals surface area contributed by atoms with E-state index < -0.39 is 0 Å². The maximum Gasteiger partial charge on any atom is 0.244 e. The SMILES string of the molecule is CC(=O)[N]c1c(C2CCCCC2)nc2cc(C)ccn12. The second-order valence-electron chi connectivity index (χ2n) is 5.72. The highest BCUT2D eigenvalue weighted by Gasteiger charge is 2.24. The van der Waals surface area contributed by atoms with Gasteiger partial charge in [-0.1, -0.05) is 19.3 Å². The average molecular weight is 270 g/mol. The molecule has 105 valence electrons. The third-order valence-electron chi connectivity index (χ3n) is 4.04. The minimum atomic E-state index is -0.163. The molecular weight excluding hydrogens is 250 g/mol. The smallest absolute Gasteiger partial charge is 0.244 e. The first-order valence-electron chi connectivity index (χ1n) is 7.36. The summed E-state index contributed by atoms with van der Waals surface area (Å²) in [6.07, 6.45) is 8.08. The summed E-state index contributed by atoms with van der Waals surface area (Å²) >= 11 is 0. The van der Waals surface area contributed by atoms with Crippen LogP contribution in [0.15, 0.2) is 18.3 Å². The van der Waals surface area contributed by atoms with Crippen molar-refractivity contribution in [2.75, 3.05) is 0 Å². The molecule has 0 spiro atoms. The highest BCUT2D eigenvalue weighted by molar-refractivity contribution is 5.78. The van der Waals surface area contributed by atoms with Crippen molar-refractivity contribution >= 4 is 17.4 Å². The number of amides is 1. The Morgan fingerprint density at radius 3 is 2.80 bits per heavy atom. The lowest BCUT2D eigenvalue weighted by molar-refractivity contribution is -0.118. The van der Waals surface area contributed by atoms with Crippen LogP contribution in [0.5, 0.6) is 0 Å². The summed E-state index contributed by atoms with van der Waals surface area (Å²) in [5.41, 5.74) is 3.07. The number of imidazole rings is 1. The van der Waals surface area contributed by atoms with Crippen molar-refractivity contribution in [1.29, 1.82) is 0 Å². The zero-order chi connectivity index (χ0) is 14.1. The molecule has 3 rings (SSSR count). The highest BCUT2D eigenvalue weighted by atomic mass is 16.1. The molecule has 20 heavy (non-hydrogen) atoms. The summed E-state index contributed by atoms with van der Waals surface area (Å²) in [4.78, 5) is 16.2. The molecule has 1 radical (unpaired) electrons. The first-order chi connectivity index (χ1) is 9.65. The summed E-state index contributed by atoms with van der Waals surface area (Å²) in [6.45, 7) is 3.55.